The number of nitrogens with one attached hydrogen (secondary N) is 1. The van der Waals surface area contributed by atoms with Crippen LogP contribution in [0.15, 0.2) is 0 Å². The van der Waals surface area contributed by atoms with Gasteiger partial charge in [-0.25, -0.2) is 0 Å². The van der Waals surface area contributed by atoms with Gasteiger partial charge >= 0.3 is 0 Å². The van der Waals surface area contributed by atoms with E-state index in [9.17, 15) is 0 Å². The quantitative estimate of drug-likeness (QED) is 0.733. The third kappa shape index (κ3) is 3.45. The summed E-state index contributed by atoms with van der Waals surface area (Å²) in [6.45, 7) is 7.59. The average Bonchev–Trinajstić information content (AvgIpc) is 2.37. The zero-order valence-electron chi connectivity index (χ0n) is 12.2. The van der Waals surface area contributed by atoms with E-state index in [1.807, 2.05) is 0 Å². The Balaban J connectivity index is 2.84. The molecule has 2 nitrogen and oxygen atoms in total. The van der Waals surface area contributed by atoms with E-state index >= 15 is 0 Å². The molecule has 1 saturated carbocycles. The summed E-state index contributed by atoms with van der Waals surface area (Å²) >= 11 is 0. The summed E-state index contributed by atoms with van der Waals surface area (Å²) in [4.78, 5) is 0. The van der Waals surface area contributed by atoms with Crippen molar-refractivity contribution in [3.63, 3.8) is 0 Å². The minimum Gasteiger partial charge on any atom is -0.374 e. The summed E-state index contributed by atoms with van der Waals surface area (Å²) in [5.74, 6) is 0.740. The summed E-state index contributed by atoms with van der Waals surface area (Å²) in [5, 5.41) is 3.57. The van der Waals surface area contributed by atoms with Gasteiger partial charge < -0.3 is 10.1 Å². The second kappa shape index (κ2) is 7.38. The lowest BCUT2D eigenvalue weighted by molar-refractivity contribution is -0.102. The molecule has 0 radical (unpaired) electrons. The molecule has 102 valence electrons. The van der Waals surface area contributed by atoms with E-state index < -0.39 is 0 Å². The molecule has 1 N–H and O–H groups in total. The Morgan fingerprint density at radius 3 is 2.06 bits per heavy atom. The monoisotopic (exact) mass is 241 g/mol. The second-order valence-corrected chi connectivity index (χ2v) is 5.40. The van der Waals surface area contributed by atoms with E-state index in [2.05, 4.69) is 33.1 Å². The fourth-order valence-corrected chi connectivity index (χ4v) is 3.67. The molecule has 1 atom stereocenters. The molecule has 0 heterocycles. The van der Waals surface area contributed by atoms with Gasteiger partial charge in [0.1, 0.15) is 0 Å². The van der Waals surface area contributed by atoms with Gasteiger partial charge in [-0.3, -0.25) is 0 Å². The maximum absolute atomic E-state index is 6.25. The second-order valence-electron chi connectivity index (χ2n) is 5.40. The molecule has 1 rings (SSSR count). The first-order valence-electron chi connectivity index (χ1n) is 7.55. The highest BCUT2D eigenvalue weighted by Crippen LogP contribution is 2.38. The van der Waals surface area contributed by atoms with Crippen LogP contribution in [0.5, 0.6) is 0 Å². The predicted octanol–water partition coefficient (Wildman–Crippen LogP) is 3.75. The van der Waals surface area contributed by atoms with E-state index in [-0.39, 0.29) is 5.60 Å². The maximum Gasteiger partial charge on any atom is 0.0837 e. The lowest BCUT2D eigenvalue weighted by atomic mass is 9.73. The van der Waals surface area contributed by atoms with Crippen LogP contribution in [0.4, 0.5) is 0 Å². The molecule has 0 aromatic rings. The fourth-order valence-electron chi connectivity index (χ4n) is 3.67. The lowest BCUT2D eigenvalue weighted by Gasteiger charge is -2.46. The highest BCUT2D eigenvalue weighted by molar-refractivity contribution is 4.97. The van der Waals surface area contributed by atoms with Gasteiger partial charge in [-0.15, -0.1) is 0 Å². The van der Waals surface area contributed by atoms with Crippen molar-refractivity contribution < 1.29 is 4.74 Å². The third-order valence-corrected chi connectivity index (χ3v) is 4.53. The molecular weight excluding hydrogens is 210 g/mol. The molecule has 0 aliphatic heterocycles. The van der Waals surface area contributed by atoms with Gasteiger partial charge in [-0.1, -0.05) is 46.0 Å². The summed E-state index contributed by atoms with van der Waals surface area (Å²) in [5.41, 5.74) is 0.110. The van der Waals surface area contributed by atoms with Crippen molar-refractivity contribution in [2.24, 2.45) is 5.92 Å². The number of hydrogen-bond acceptors (Lipinski definition) is 2. The van der Waals surface area contributed by atoms with Crippen LogP contribution in [-0.2, 0) is 4.74 Å². The Kier molecular flexibility index (Phi) is 6.50. The molecule has 1 aliphatic carbocycles. The Morgan fingerprint density at radius 2 is 1.65 bits per heavy atom. The smallest absolute Gasteiger partial charge is 0.0837 e. The van der Waals surface area contributed by atoms with E-state index in [0.717, 1.165) is 12.5 Å². The Labute approximate surface area is 108 Å². The molecule has 1 aliphatic rings. The van der Waals surface area contributed by atoms with Gasteiger partial charge in [-0.2, -0.15) is 0 Å². The van der Waals surface area contributed by atoms with Gasteiger partial charge in [0.2, 0.25) is 0 Å². The SMILES string of the molecule is CCOC1(C(NC)C(CC)CC)CCCCC1. The van der Waals surface area contributed by atoms with Crippen molar-refractivity contribution >= 4 is 0 Å². The largest absolute Gasteiger partial charge is 0.374 e. The van der Waals surface area contributed by atoms with Crippen LogP contribution in [0.3, 0.4) is 0 Å². The molecule has 0 aromatic heterocycles. The normalized spacial score (nSPS) is 21.7. The minimum absolute atomic E-state index is 0.110. The molecule has 1 unspecified atom stereocenters. The van der Waals surface area contributed by atoms with Gasteiger partial charge in [0, 0.05) is 12.6 Å². The van der Waals surface area contributed by atoms with Crippen LogP contribution >= 0.6 is 0 Å². The highest BCUT2D eigenvalue weighted by atomic mass is 16.5. The molecule has 0 bridgehead atoms. The van der Waals surface area contributed by atoms with Crippen molar-refractivity contribution in [2.75, 3.05) is 13.7 Å². The number of hydrogen-bond donors (Lipinski definition) is 1. The Morgan fingerprint density at radius 1 is 1.06 bits per heavy atom. The van der Waals surface area contributed by atoms with Crippen molar-refractivity contribution in [2.45, 2.75) is 77.4 Å². The zero-order valence-corrected chi connectivity index (χ0v) is 12.2. The van der Waals surface area contributed by atoms with E-state index in [4.69, 9.17) is 4.74 Å². The predicted molar refractivity (Wildman–Crippen MR) is 74.4 cm³/mol. The Hall–Kier alpha value is -0.0800. The molecule has 0 amide bonds. The summed E-state index contributed by atoms with van der Waals surface area (Å²) in [7, 11) is 2.11. The molecule has 17 heavy (non-hydrogen) atoms. The van der Waals surface area contributed by atoms with Gasteiger partial charge in [0.25, 0.3) is 0 Å². The van der Waals surface area contributed by atoms with Crippen molar-refractivity contribution in [3.8, 4) is 0 Å². The Bertz CT molecular complexity index is 190. The first-order valence-corrected chi connectivity index (χ1v) is 7.55. The molecule has 1 fully saturated rings. The standard InChI is InChI=1S/C15H31NO/c1-5-13(6-2)14(16-4)15(17-7-3)11-9-8-10-12-15/h13-14,16H,5-12H2,1-4H3. The van der Waals surface area contributed by atoms with Crippen molar-refractivity contribution in [3.05, 3.63) is 0 Å². The van der Waals surface area contributed by atoms with Crippen LogP contribution < -0.4 is 5.32 Å². The molecule has 0 saturated heterocycles. The number of rotatable bonds is 7. The number of ether oxygens (including phenoxy) is 1. The van der Waals surface area contributed by atoms with Crippen LogP contribution in [-0.4, -0.2) is 25.3 Å². The van der Waals surface area contributed by atoms with Crippen molar-refractivity contribution in [1.29, 1.82) is 0 Å². The minimum atomic E-state index is 0.110. The van der Waals surface area contributed by atoms with Crippen LogP contribution in [0.1, 0.15) is 65.7 Å². The highest BCUT2D eigenvalue weighted by Gasteiger charge is 2.42. The van der Waals surface area contributed by atoms with Gasteiger partial charge in [0.05, 0.1) is 5.60 Å². The van der Waals surface area contributed by atoms with E-state index in [1.165, 1.54) is 44.9 Å². The first-order chi connectivity index (χ1) is 8.24. The number of likely N-dealkylation sites (N-methyl/N-ethyl adjacent to an activating group) is 1. The van der Waals surface area contributed by atoms with E-state index in [0.29, 0.717) is 6.04 Å². The van der Waals surface area contributed by atoms with E-state index in [1.54, 1.807) is 0 Å². The van der Waals surface area contributed by atoms with Crippen LogP contribution in [0, 0.1) is 5.92 Å². The third-order valence-electron chi connectivity index (χ3n) is 4.53. The van der Waals surface area contributed by atoms with Gasteiger partial charge in [-0.05, 0) is 32.7 Å². The van der Waals surface area contributed by atoms with Gasteiger partial charge in [0.15, 0.2) is 0 Å². The van der Waals surface area contributed by atoms with Crippen LogP contribution in [0.2, 0.25) is 0 Å². The molecular formula is C15H31NO. The average molecular weight is 241 g/mol. The summed E-state index contributed by atoms with van der Waals surface area (Å²) < 4.78 is 6.25. The molecule has 2 heteroatoms. The fraction of sp³-hybridized carbons (Fsp3) is 1.00. The zero-order chi connectivity index (χ0) is 12.7. The maximum atomic E-state index is 6.25. The summed E-state index contributed by atoms with van der Waals surface area (Å²) in [6.07, 6.45) is 9.02. The molecule has 0 spiro atoms. The lowest BCUT2D eigenvalue weighted by Crippen LogP contribution is -2.56. The first kappa shape index (κ1) is 15.0. The van der Waals surface area contributed by atoms with Crippen LogP contribution in [0.25, 0.3) is 0 Å². The summed E-state index contributed by atoms with van der Waals surface area (Å²) in [6, 6.07) is 0.526. The topological polar surface area (TPSA) is 21.3 Å². The van der Waals surface area contributed by atoms with Crippen molar-refractivity contribution in [1.82, 2.24) is 5.32 Å². The molecule has 0 aromatic carbocycles.